The zero-order valence-electron chi connectivity index (χ0n) is 15.8. The first kappa shape index (κ1) is 20.5. The Bertz CT molecular complexity index is 1270. The first-order valence-electron chi connectivity index (χ1n) is 8.96. The number of Topliss-reactive ketones (excluding diaryl/α,β-unsaturated/α-hetero) is 1. The first-order valence-corrected chi connectivity index (χ1v) is 10.2. The molecule has 10 heteroatoms. The molecular formula is C21H14ClN5O3S. The highest BCUT2D eigenvalue weighted by molar-refractivity contribution is 7.12. The van der Waals surface area contributed by atoms with Gasteiger partial charge in [-0.05, 0) is 52.2 Å². The van der Waals surface area contributed by atoms with Crippen LogP contribution in [0.1, 0.15) is 25.9 Å². The predicted molar refractivity (Wildman–Crippen MR) is 118 cm³/mol. The summed E-state index contributed by atoms with van der Waals surface area (Å²) in [4.78, 5) is 25.3. The van der Waals surface area contributed by atoms with Gasteiger partial charge in [0.05, 0.1) is 27.4 Å². The first-order chi connectivity index (χ1) is 15.0. The van der Waals surface area contributed by atoms with E-state index in [9.17, 15) is 14.7 Å². The number of carbonyl (C=O) groups excluding carboxylic acids is 1. The number of para-hydroxylation sites is 1. The minimum Gasteiger partial charge on any atom is -0.478 e. The summed E-state index contributed by atoms with van der Waals surface area (Å²) in [5.41, 5.74) is 1.07. The molecule has 0 bridgehead atoms. The van der Waals surface area contributed by atoms with Crippen LogP contribution in [-0.4, -0.2) is 37.1 Å². The molecule has 0 radical (unpaired) electrons. The number of thiophene rings is 1. The zero-order chi connectivity index (χ0) is 21.8. The molecule has 0 aliphatic heterocycles. The van der Waals surface area contributed by atoms with E-state index in [-0.39, 0.29) is 28.4 Å². The van der Waals surface area contributed by atoms with E-state index in [0.717, 1.165) is 0 Å². The second-order valence-corrected chi connectivity index (χ2v) is 7.64. The minimum atomic E-state index is -1.13. The van der Waals surface area contributed by atoms with Crippen LogP contribution < -0.4 is 5.32 Å². The lowest BCUT2D eigenvalue weighted by Gasteiger charge is -2.10. The van der Waals surface area contributed by atoms with Gasteiger partial charge in [0.15, 0.2) is 5.82 Å². The third-order valence-corrected chi connectivity index (χ3v) is 5.39. The van der Waals surface area contributed by atoms with E-state index in [4.69, 9.17) is 11.6 Å². The molecular weight excluding hydrogens is 438 g/mol. The molecule has 4 rings (SSSR count). The average Bonchev–Trinajstić information content (AvgIpc) is 3.47. The maximum atomic E-state index is 13.2. The number of nitrogens with one attached hydrogen (secondary N) is 1. The Balaban J connectivity index is 1.81. The van der Waals surface area contributed by atoms with Gasteiger partial charge in [-0.1, -0.05) is 35.9 Å². The van der Waals surface area contributed by atoms with E-state index in [0.29, 0.717) is 15.6 Å². The van der Waals surface area contributed by atoms with Gasteiger partial charge >= 0.3 is 5.97 Å². The lowest BCUT2D eigenvalue weighted by molar-refractivity contribution is 0.0698. The van der Waals surface area contributed by atoms with Gasteiger partial charge in [0.2, 0.25) is 5.78 Å². The van der Waals surface area contributed by atoms with Crippen molar-refractivity contribution in [2.75, 3.05) is 5.32 Å². The predicted octanol–water partition coefficient (Wildman–Crippen LogP) is 4.41. The summed E-state index contributed by atoms with van der Waals surface area (Å²) in [5, 5.41) is 26.3. The van der Waals surface area contributed by atoms with E-state index in [1.54, 1.807) is 29.6 Å². The number of allylic oxidation sites excluding steroid dienone is 1. The number of hydrogen-bond acceptors (Lipinski definition) is 7. The van der Waals surface area contributed by atoms with Crippen molar-refractivity contribution in [3.05, 3.63) is 93.5 Å². The van der Waals surface area contributed by atoms with E-state index in [2.05, 4.69) is 20.8 Å². The molecule has 0 atom stereocenters. The molecule has 0 saturated carbocycles. The monoisotopic (exact) mass is 451 g/mol. The summed E-state index contributed by atoms with van der Waals surface area (Å²) in [7, 11) is 0. The number of hydrogen-bond donors (Lipinski definition) is 2. The van der Waals surface area contributed by atoms with Gasteiger partial charge in [-0.2, -0.15) is 4.68 Å². The van der Waals surface area contributed by atoms with Crippen LogP contribution in [0.25, 0.3) is 11.3 Å². The van der Waals surface area contributed by atoms with Crippen molar-refractivity contribution < 1.29 is 14.7 Å². The highest BCUT2D eigenvalue weighted by atomic mass is 35.5. The fraction of sp³-hybridized carbons (Fsp3) is 0. The number of carboxylic acid groups (broad SMARTS) is 1. The van der Waals surface area contributed by atoms with Gasteiger partial charge in [-0.15, -0.1) is 16.4 Å². The van der Waals surface area contributed by atoms with Gasteiger partial charge in [-0.3, -0.25) is 4.79 Å². The number of carboxylic acids is 1. The Morgan fingerprint density at radius 3 is 2.61 bits per heavy atom. The lowest BCUT2D eigenvalue weighted by Crippen LogP contribution is -2.11. The summed E-state index contributed by atoms with van der Waals surface area (Å²) in [6.07, 6.45) is 1.39. The number of anilines is 1. The van der Waals surface area contributed by atoms with Crippen LogP contribution in [0.15, 0.2) is 72.2 Å². The molecule has 2 aromatic carbocycles. The van der Waals surface area contributed by atoms with Crippen LogP contribution in [0, 0.1) is 0 Å². The summed E-state index contributed by atoms with van der Waals surface area (Å²) in [6, 6.07) is 16.9. The zero-order valence-corrected chi connectivity index (χ0v) is 17.3. The number of carbonyl (C=O) groups is 2. The van der Waals surface area contributed by atoms with Crippen molar-refractivity contribution in [3.8, 4) is 5.69 Å². The maximum Gasteiger partial charge on any atom is 0.337 e. The van der Waals surface area contributed by atoms with Crippen molar-refractivity contribution in [1.82, 2.24) is 20.2 Å². The van der Waals surface area contributed by atoms with Crippen LogP contribution in [0.4, 0.5) is 5.69 Å². The number of rotatable bonds is 7. The quantitative estimate of drug-likeness (QED) is 0.316. The standard InChI is InChI=1S/C21H14ClN5O3S/c22-13-8-9-15(21(29)30)17(11-13)23-12-16(19(28)18-7-4-10-31-18)20-24-25-26-27(20)14-5-2-1-3-6-14/h1-12,23H,(H,29,30). The fourth-order valence-corrected chi connectivity index (χ4v) is 3.69. The third kappa shape index (κ3) is 4.37. The number of ketones is 1. The van der Waals surface area contributed by atoms with Crippen LogP contribution >= 0.6 is 22.9 Å². The Morgan fingerprint density at radius 1 is 1.10 bits per heavy atom. The van der Waals surface area contributed by atoms with Crippen LogP contribution in [0.5, 0.6) is 0 Å². The lowest BCUT2D eigenvalue weighted by atomic mass is 10.1. The van der Waals surface area contributed by atoms with Gasteiger partial charge in [-0.25, -0.2) is 4.79 Å². The van der Waals surface area contributed by atoms with Crippen molar-refractivity contribution in [2.24, 2.45) is 0 Å². The van der Waals surface area contributed by atoms with E-state index >= 15 is 0 Å². The number of nitrogens with zero attached hydrogens (tertiary/aromatic N) is 4. The number of aromatic carboxylic acids is 1. The normalized spacial score (nSPS) is 11.3. The van der Waals surface area contributed by atoms with Gasteiger partial charge in [0, 0.05) is 11.2 Å². The van der Waals surface area contributed by atoms with Gasteiger partial charge in [0.25, 0.3) is 0 Å². The molecule has 0 aliphatic carbocycles. The second kappa shape index (κ2) is 8.90. The van der Waals surface area contributed by atoms with Crippen molar-refractivity contribution in [1.29, 1.82) is 0 Å². The van der Waals surface area contributed by atoms with Crippen molar-refractivity contribution in [3.63, 3.8) is 0 Å². The molecule has 4 aromatic rings. The Labute approximate surface area is 185 Å². The molecule has 0 amide bonds. The van der Waals surface area contributed by atoms with Crippen LogP contribution in [0.3, 0.4) is 0 Å². The minimum absolute atomic E-state index is 0.00576. The molecule has 0 aliphatic rings. The summed E-state index contributed by atoms with van der Waals surface area (Å²) in [5.74, 6) is -1.24. The summed E-state index contributed by atoms with van der Waals surface area (Å²) < 4.78 is 1.44. The number of halogens is 1. The van der Waals surface area contributed by atoms with E-state index in [1.807, 2.05) is 18.2 Å². The molecule has 0 unspecified atom stereocenters. The van der Waals surface area contributed by atoms with Crippen LogP contribution in [0.2, 0.25) is 5.02 Å². The molecule has 2 N–H and O–H groups in total. The molecule has 8 nitrogen and oxygen atoms in total. The largest absolute Gasteiger partial charge is 0.478 e. The maximum absolute atomic E-state index is 13.2. The molecule has 31 heavy (non-hydrogen) atoms. The summed E-state index contributed by atoms with van der Waals surface area (Å²) >= 11 is 7.31. The molecule has 2 aromatic heterocycles. The Hall–Kier alpha value is -3.82. The number of tetrazole rings is 1. The smallest absolute Gasteiger partial charge is 0.337 e. The fourth-order valence-electron chi connectivity index (χ4n) is 2.84. The molecule has 0 saturated heterocycles. The Kier molecular flexibility index (Phi) is 5.87. The topological polar surface area (TPSA) is 110 Å². The van der Waals surface area contributed by atoms with Gasteiger partial charge < -0.3 is 10.4 Å². The number of benzene rings is 2. The van der Waals surface area contributed by atoms with Gasteiger partial charge in [0.1, 0.15) is 0 Å². The average molecular weight is 452 g/mol. The SMILES string of the molecule is O=C(C(=CNc1cc(Cl)ccc1C(=O)O)c1nnnn1-c1ccccc1)c1cccs1. The van der Waals surface area contributed by atoms with Crippen LogP contribution in [-0.2, 0) is 0 Å². The molecule has 0 fully saturated rings. The molecule has 2 heterocycles. The molecule has 154 valence electrons. The summed E-state index contributed by atoms with van der Waals surface area (Å²) in [6.45, 7) is 0. The number of aromatic nitrogens is 4. The van der Waals surface area contributed by atoms with Crippen molar-refractivity contribution in [2.45, 2.75) is 0 Å². The highest BCUT2D eigenvalue weighted by Gasteiger charge is 2.23. The Morgan fingerprint density at radius 2 is 1.90 bits per heavy atom. The third-order valence-electron chi connectivity index (χ3n) is 4.28. The second-order valence-electron chi connectivity index (χ2n) is 6.25. The van der Waals surface area contributed by atoms with E-state index in [1.165, 1.54) is 40.4 Å². The van der Waals surface area contributed by atoms with Crippen molar-refractivity contribution >= 4 is 46.0 Å². The highest BCUT2D eigenvalue weighted by Crippen LogP contribution is 2.25. The van der Waals surface area contributed by atoms with E-state index < -0.39 is 5.97 Å². The molecule has 0 spiro atoms.